The molecule has 0 aliphatic heterocycles. The van der Waals surface area contributed by atoms with E-state index in [9.17, 15) is 4.79 Å². The lowest BCUT2D eigenvalue weighted by Crippen LogP contribution is -2.03. The van der Waals surface area contributed by atoms with Crippen LogP contribution >= 0.6 is 27.5 Å². The number of halogens is 2. The second-order valence-electron chi connectivity index (χ2n) is 3.98. The molecule has 0 bridgehead atoms. The van der Waals surface area contributed by atoms with E-state index in [1.54, 1.807) is 19.1 Å². The first-order valence-electron chi connectivity index (χ1n) is 5.25. The van der Waals surface area contributed by atoms with Crippen molar-refractivity contribution in [2.75, 3.05) is 0 Å². The predicted molar refractivity (Wildman–Crippen MR) is 75.2 cm³/mol. The molecule has 0 N–H and O–H groups in total. The first kappa shape index (κ1) is 11.7. The van der Waals surface area contributed by atoms with E-state index in [0.29, 0.717) is 32.8 Å². The number of hydrogen-bond acceptors (Lipinski definition) is 3. The van der Waals surface area contributed by atoms with Crippen LogP contribution in [0.2, 0.25) is 5.15 Å². The van der Waals surface area contributed by atoms with Crippen LogP contribution in [0.5, 0.6) is 0 Å². The molecule has 0 radical (unpaired) electrons. The second-order valence-corrected chi connectivity index (χ2v) is 5.28. The molecule has 5 heteroatoms. The highest BCUT2D eigenvalue weighted by Crippen LogP contribution is 2.24. The van der Waals surface area contributed by atoms with E-state index in [2.05, 4.69) is 20.9 Å². The van der Waals surface area contributed by atoms with Gasteiger partial charge in [0.1, 0.15) is 10.7 Å². The van der Waals surface area contributed by atoms with Crippen molar-refractivity contribution in [3.8, 4) is 0 Å². The van der Waals surface area contributed by atoms with Gasteiger partial charge in [-0.1, -0.05) is 27.5 Å². The smallest absolute Gasteiger partial charge is 0.200 e. The highest BCUT2D eigenvalue weighted by Gasteiger charge is 2.11. The molecule has 0 spiro atoms. The van der Waals surface area contributed by atoms with Gasteiger partial charge in [-0.2, -0.15) is 0 Å². The van der Waals surface area contributed by atoms with E-state index in [4.69, 9.17) is 16.0 Å². The molecule has 0 amide bonds. The number of nitrogens with zero attached hydrogens (tertiary/aromatic N) is 1. The zero-order valence-corrected chi connectivity index (χ0v) is 11.7. The van der Waals surface area contributed by atoms with Crippen molar-refractivity contribution >= 4 is 49.5 Å². The van der Waals surface area contributed by atoms with Gasteiger partial charge in [-0.05, 0) is 31.2 Å². The van der Waals surface area contributed by atoms with Crippen molar-refractivity contribution in [2.24, 2.45) is 0 Å². The molecule has 3 nitrogen and oxygen atoms in total. The summed E-state index contributed by atoms with van der Waals surface area (Å²) in [6.45, 7) is 1.77. The molecule has 0 fully saturated rings. The summed E-state index contributed by atoms with van der Waals surface area (Å²) in [7, 11) is 0. The highest BCUT2D eigenvalue weighted by molar-refractivity contribution is 9.10. The molecule has 0 saturated carbocycles. The Hall–Kier alpha value is -1.39. The molecule has 2 heterocycles. The maximum absolute atomic E-state index is 12.4. The van der Waals surface area contributed by atoms with Gasteiger partial charge in [0.15, 0.2) is 5.58 Å². The van der Waals surface area contributed by atoms with Crippen molar-refractivity contribution in [3.63, 3.8) is 0 Å². The van der Waals surface area contributed by atoms with Crippen LogP contribution in [0.25, 0.3) is 21.9 Å². The maximum Gasteiger partial charge on any atom is 0.200 e. The number of pyridine rings is 1. The number of benzene rings is 1. The molecule has 18 heavy (non-hydrogen) atoms. The predicted octanol–water partition coefficient (Wildman–Crippen LogP) is 4.07. The van der Waals surface area contributed by atoms with Gasteiger partial charge in [0.05, 0.1) is 16.5 Å². The normalized spacial score (nSPS) is 11.3. The first-order valence-corrected chi connectivity index (χ1v) is 6.42. The Balaban J connectivity index is 2.61. The summed E-state index contributed by atoms with van der Waals surface area (Å²) in [4.78, 5) is 16.5. The molecule has 1 aromatic carbocycles. The molecule has 90 valence electrons. The molecule has 0 unspecified atom stereocenters. The Morgan fingerprint density at radius 3 is 2.83 bits per heavy atom. The van der Waals surface area contributed by atoms with Gasteiger partial charge < -0.3 is 4.42 Å². The average molecular weight is 325 g/mol. The fourth-order valence-corrected chi connectivity index (χ4v) is 2.54. The Kier molecular flexibility index (Phi) is 2.64. The van der Waals surface area contributed by atoms with Crippen LogP contribution in [0, 0.1) is 6.92 Å². The minimum Gasteiger partial charge on any atom is -0.454 e. The SMILES string of the molecule is Cc1nc(Cl)cc2c(=O)c3cc(Br)ccc3oc12. The fourth-order valence-electron chi connectivity index (χ4n) is 1.94. The lowest BCUT2D eigenvalue weighted by atomic mass is 10.1. The summed E-state index contributed by atoms with van der Waals surface area (Å²) in [6.07, 6.45) is 0. The number of fused-ring (bicyclic) bond motifs is 2. The minimum absolute atomic E-state index is 0.0973. The van der Waals surface area contributed by atoms with Crippen molar-refractivity contribution < 1.29 is 4.42 Å². The van der Waals surface area contributed by atoms with Crippen LogP contribution in [0.4, 0.5) is 0 Å². The third-order valence-corrected chi connectivity index (χ3v) is 3.44. The maximum atomic E-state index is 12.4. The minimum atomic E-state index is -0.0973. The molecule has 0 aliphatic rings. The molecule has 2 aromatic heterocycles. The largest absolute Gasteiger partial charge is 0.454 e. The molecule has 3 aromatic rings. The molecule has 3 rings (SSSR count). The number of aromatic nitrogens is 1. The number of rotatable bonds is 0. The number of hydrogen-bond donors (Lipinski definition) is 0. The van der Waals surface area contributed by atoms with Gasteiger partial charge in [-0.15, -0.1) is 0 Å². The van der Waals surface area contributed by atoms with E-state index >= 15 is 0 Å². The Morgan fingerprint density at radius 2 is 2.06 bits per heavy atom. The zero-order valence-electron chi connectivity index (χ0n) is 9.33. The van der Waals surface area contributed by atoms with Crippen molar-refractivity contribution in [1.82, 2.24) is 4.98 Å². The van der Waals surface area contributed by atoms with E-state index in [1.165, 1.54) is 6.07 Å². The summed E-state index contributed by atoms with van der Waals surface area (Å²) in [6, 6.07) is 6.87. The standard InChI is InChI=1S/C13H7BrClNO2/c1-6-13-9(5-11(15)16-6)12(17)8-4-7(14)2-3-10(8)18-13/h2-5H,1H3. The van der Waals surface area contributed by atoms with Crippen LogP contribution in [0.1, 0.15) is 5.69 Å². The van der Waals surface area contributed by atoms with Gasteiger partial charge in [-0.25, -0.2) is 4.98 Å². The van der Waals surface area contributed by atoms with Crippen LogP contribution in [-0.4, -0.2) is 4.98 Å². The van der Waals surface area contributed by atoms with Gasteiger partial charge in [-0.3, -0.25) is 4.79 Å². The van der Waals surface area contributed by atoms with Gasteiger partial charge in [0.2, 0.25) is 5.43 Å². The molecule has 0 aliphatic carbocycles. The van der Waals surface area contributed by atoms with Crippen molar-refractivity contribution in [2.45, 2.75) is 6.92 Å². The van der Waals surface area contributed by atoms with Crippen molar-refractivity contribution in [3.05, 3.63) is 49.8 Å². The van der Waals surface area contributed by atoms with Crippen LogP contribution in [0.3, 0.4) is 0 Å². The first-order chi connectivity index (χ1) is 8.56. The lowest BCUT2D eigenvalue weighted by molar-refractivity contribution is 0.653. The molecule has 0 atom stereocenters. The topological polar surface area (TPSA) is 43.1 Å². The molecular formula is C13H7BrClNO2. The Labute approximate surface area is 116 Å². The van der Waals surface area contributed by atoms with Gasteiger partial charge >= 0.3 is 0 Å². The monoisotopic (exact) mass is 323 g/mol. The summed E-state index contributed by atoms with van der Waals surface area (Å²) in [5, 5.41) is 1.28. The summed E-state index contributed by atoms with van der Waals surface area (Å²) < 4.78 is 6.56. The van der Waals surface area contributed by atoms with Crippen molar-refractivity contribution in [1.29, 1.82) is 0 Å². The second kappa shape index (κ2) is 4.07. The van der Waals surface area contributed by atoms with E-state index in [0.717, 1.165) is 4.47 Å². The van der Waals surface area contributed by atoms with Crippen LogP contribution < -0.4 is 5.43 Å². The van der Waals surface area contributed by atoms with E-state index in [-0.39, 0.29) is 5.43 Å². The summed E-state index contributed by atoms with van der Waals surface area (Å²) in [5.74, 6) is 0. The Morgan fingerprint density at radius 1 is 1.28 bits per heavy atom. The van der Waals surface area contributed by atoms with Crippen LogP contribution in [-0.2, 0) is 0 Å². The summed E-state index contributed by atoms with van der Waals surface area (Å²) >= 11 is 9.22. The summed E-state index contributed by atoms with van der Waals surface area (Å²) in [5.41, 5.74) is 1.54. The highest BCUT2D eigenvalue weighted by atomic mass is 79.9. The van der Waals surface area contributed by atoms with Gasteiger partial charge in [0, 0.05) is 4.47 Å². The van der Waals surface area contributed by atoms with Gasteiger partial charge in [0.25, 0.3) is 0 Å². The quantitative estimate of drug-likeness (QED) is 0.462. The number of aryl methyl sites for hydroxylation is 1. The van der Waals surface area contributed by atoms with Crippen LogP contribution in [0.15, 0.2) is 37.9 Å². The third-order valence-electron chi connectivity index (χ3n) is 2.75. The lowest BCUT2D eigenvalue weighted by Gasteiger charge is -2.04. The Bertz CT molecular complexity index is 842. The van der Waals surface area contributed by atoms with E-state index in [1.807, 2.05) is 6.07 Å². The third kappa shape index (κ3) is 1.72. The molecular weight excluding hydrogens is 318 g/mol. The van der Waals surface area contributed by atoms with E-state index < -0.39 is 0 Å². The fraction of sp³-hybridized carbons (Fsp3) is 0.0769. The zero-order chi connectivity index (χ0) is 12.9. The molecule has 0 saturated heterocycles. The average Bonchev–Trinajstić information content (AvgIpc) is 2.32.